The largest absolute Gasteiger partial charge is 0.489 e. The molecule has 112 valence electrons. The molecule has 0 aliphatic carbocycles. The molecular formula is C18H14N4O. The molecule has 23 heavy (non-hydrogen) atoms. The number of ether oxygens (including phenoxy) is 1. The van der Waals surface area contributed by atoms with E-state index in [-0.39, 0.29) is 5.95 Å². The van der Waals surface area contributed by atoms with Crippen LogP contribution in [-0.4, -0.2) is 9.97 Å². The Morgan fingerprint density at radius 2 is 1.78 bits per heavy atom. The molecule has 1 heterocycles. The molecule has 5 heteroatoms. The molecule has 0 fully saturated rings. The molecule has 1 N–H and O–H groups in total. The molecule has 2 aromatic carbocycles. The number of nitrogens with zero attached hydrogens (tertiary/aromatic N) is 3. The van der Waals surface area contributed by atoms with Gasteiger partial charge in [0.1, 0.15) is 12.4 Å². The van der Waals surface area contributed by atoms with Gasteiger partial charge >= 0.3 is 0 Å². The Hall–Kier alpha value is -3.39. The third kappa shape index (κ3) is 3.83. The molecule has 3 rings (SSSR count). The summed E-state index contributed by atoms with van der Waals surface area (Å²) in [7, 11) is 0. The van der Waals surface area contributed by atoms with E-state index in [1.165, 1.54) is 0 Å². The smallest absolute Gasteiger partial charge is 0.236 e. The summed E-state index contributed by atoms with van der Waals surface area (Å²) in [6.07, 6.45) is 3.42. The summed E-state index contributed by atoms with van der Waals surface area (Å²) >= 11 is 0. The van der Waals surface area contributed by atoms with E-state index in [2.05, 4.69) is 15.3 Å². The van der Waals surface area contributed by atoms with Crippen molar-refractivity contribution in [2.24, 2.45) is 0 Å². The number of rotatable bonds is 5. The predicted molar refractivity (Wildman–Crippen MR) is 87.5 cm³/mol. The maximum atomic E-state index is 8.61. The first-order valence-corrected chi connectivity index (χ1v) is 7.10. The highest BCUT2D eigenvalue weighted by Crippen LogP contribution is 2.21. The summed E-state index contributed by atoms with van der Waals surface area (Å²) in [4.78, 5) is 8.24. The minimum Gasteiger partial charge on any atom is -0.489 e. The van der Waals surface area contributed by atoms with Crippen LogP contribution < -0.4 is 10.1 Å². The van der Waals surface area contributed by atoms with Crippen LogP contribution >= 0.6 is 0 Å². The number of anilines is 1. The van der Waals surface area contributed by atoms with Crippen molar-refractivity contribution in [3.63, 3.8) is 0 Å². The summed E-state index contributed by atoms with van der Waals surface area (Å²) in [5, 5.41) is 11.0. The van der Waals surface area contributed by atoms with E-state index in [9.17, 15) is 0 Å². The fourth-order valence-electron chi connectivity index (χ4n) is 2.09. The number of hydrogen-bond donors (Lipinski definition) is 1. The average Bonchev–Trinajstić information content (AvgIpc) is 2.62. The lowest BCUT2D eigenvalue weighted by molar-refractivity contribution is 0.306. The molecule has 1 aromatic heterocycles. The second kappa shape index (κ2) is 7.05. The van der Waals surface area contributed by atoms with E-state index in [1.807, 2.05) is 60.8 Å². The lowest BCUT2D eigenvalue weighted by Crippen LogP contribution is -1.97. The van der Waals surface area contributed by atoms with Crippen LogP contribution in [0.5, 0.6) is 5.75 Å². The van der Waals surface area contributed by atoms with Crippen molar-refractivity contribution in [1.29, 1.82) is 5.26 Å². The topological polar surface area (TPSA) is 70.8 Å². The highest BCUT2D eigenvalue weighted by atomic mass is 16.5. The van der Waals surface area contributed by atoms with E-state index in [0.717, 1.165) is 22.6 Å². The van der Waals surface area contributed by atoms with Crippen molar-refractivity contribution in [1.82, 2.24) is 9.97 Å². The van der Waals surface area contributed by atoms with Crippen LogP contribution in [0.3, 0.4) is 0 Å². The Bertz CT molecular complexity index is 810. The van der Waals surface area contributed by atoms with Crippen molar-refractivity contribution in [3.05, 3.63) is 72.4 Å². The quantitative estimate of drug-likeness (QED) is 0.576. The third-order valence-corrected chi connectivity index (χ3v) is 3.22. The van der Waals surface area contributed by atoms with Crippen molar-refractivity contribution in [3.8, 4) is 23.2 Å². The minimum atomic E-state index is 0.286. The fourth-order valence-corrected chi connectivity index (χ4v) is 2.09. The van der Waals surface area contributed by atoms with Gasteiger partial charge in [-0.15, -0.1) is 0 Å². The first kappa shape index (κ1) is 14.5. The van der Waals surface area contributed by atoms with E-state index < -0.39 is 0 Å². The lowest BCUT2D eigenvalue weighted by Gasteiger charge is -2.07. The first-order valence-electron chi connectivity index (χ1n) is 7.10. The summed E-state index contributed by atoms with van der Waals surface area (Å²) in [6, 6.07) is 19.5. The maximum absolute atomic E-state index is 8.61. The Morgan fingerprint density at radius 1 is 1.00 bits per heavy atom. The SMILES string of the molecule is N#CNc1nccc(-c2ccc(OCc3ccccc3)cc2)n1. The molecule has 3 aromatic rings. The molecular weight excluding hydrogens is 288 g/mol. The van der Waals surface area contributed by atoms with Crippen molar-refractivity contribution in [2.75, 3.05) is 5.32 Å². The van der Waals surface area contributed by atoms with E-state index in [4.69, 9.17) is 10.00 Å². The number of hydrogen-bond acceptors (Lipinski definition) is 5. The van der Waals surface area contributed by atoms with E-state index in [0.29, 0.717) is 6.61 Å². The Morgan fingerprint density at radius 3 is 2.52 bits per heavy atom. The molecule has 0 aliphatic heterocycles. The molecule has 0 saturated carbocycles. The van der Waals surface area contributed by atoms with E-state index >= 15 is 0 Å². The first-order chi connectivity index (χ1) is 11.3. The Kier molecular flexibility index (Phi) is 4.46. The summed E-state index contributed by atoms with van der Waals surface area (Å²) in [5.41, 5.74) is 2.80. The van der Waals surface area contributed by atoms with Gasteiger partial charge in [-0.3, -0.25) is 5.32 Å². The predicted octanol–water partition coefficient (Wildman–Crippen LogP) is 3.62. The van der Waals surface area contributed by atoms with Crippen LogP contribution in [0, 0.1) is 11.5 Å². The van der Waals surface area contributed by atoms with Gasteiger partial charge in [0.25, 0.3) is 0 Å². The molecule has 0 spiro atoms. The fraction of sp³-hybridized carbons (Fsp3) is 0.0556. The van der Waals surface area contributed by atoms with Gasteiger partial charge in [-0.05, 0) is 35.9 Å². The molecule has 0 bridgehead atoms. The zero-order valence-electron chi connectivity index (χ0n) is 12.3. The zero-order valence-corrected chi connectivity index (χ0v) is 12.3. The van der Waals surface area contributed by atoms with Gasteiger partial charge in [0, 0.05) is 11.8 Å². The van der Waals surface area contributed by atoms with Gasteiger partial charge in [-0.25, -0.2) is 9.97 Å². The van der Waals surface area contributed by atoms with Gasteiger partial charge < -0.3 is 4.74 Å². The van der Waals surface area contributed by atoms with Gasteiger partial charge in [0.05, 0.1) is 5.69 Å². The Balaban J connectivity index is 1.69. The third-order valence-electron chi connectivity index (χ3n) is 3.22. The monoisotopic (exact) mass is 302 g/mol. The van der Waals surface area contributed by atoms with Gasteiger partial charge in [-0.2, -0.15) is 5.26 Å². The van der Waals surface area contributed by atoms with E-state index in [1.54, 1.807) is 12.3 Å². The normalized spacial score (nSPS) is 9.87. The second-order valence-electron chi connectivity index (χ2n) is 4.80. The van der Waals surface area contributed by atoms with Crippen LogP contribution in [0.2, 0.25) is 0 Å². The van der Waals surface area contributed by atoms with Crippen LogP contribution in [-0.2, 0) is 6.61 Å². The molecule has 0 aliphatic rings. The second-order valence-corrected chi connectivity index (χ2v) is 4.80. The average molecular weight is 302 g/mol. The highest BCUT2D eigenvalue weighted by molar-refractivity contribution is 5.61. The summed E-state index contributed by atoms with van der Waals surface area (Å²) in [5.74, 6) is 1.08. The lowest BCUT2D eigenvalue weighted by atomic mass is 10.1. The van der Waals surface area contributed by atoms with Crippen molar-refractivity contribution < 1.29 is 4.74 Å². The molecule has 0 unspecified atom stereocenters. The molecule has 0 atom stereocenters. The van der Waals surface area contributed by atoms with Gasteiger partial charge in [-0.1, -0.05) is 30.3 Å². The van der Waals surface area contributed by atoms with Crippen LogP contribution in [0.25, 0.3) is 11.3 Å². The van der Waals surface area contributed by atoms with Gasteiger partial charge in [0.2, 0.25) is 5.95 Å². The van der Waals surface area contributed by atoms with Gasteiger partial charge in [0.15, 0.2) is 6.19 Å². The van der Waals surface area contributed by atoms with Crippen LogP contribution in [0.4, 0.5) is 5.95 Å². The number of nitriles is 1. The number of aromatic nitrogens is 2. The van der Waals surface area contributed by atoms with Crippen molar-refractivity contribution in [2.45, 2.75) is 6.61 Å². The number of nitrogens with one attached hydrogen (secondary N) is 1. The standard InChI is InChI=1S/C18H14N4O/c19-13-21-18-20-11-10-17(22-18)15-6-8-16(9-7-15)23-12-14-4-2-1-3-5-14/h1-11H,12H2,(H,20,21,22). The van der Waals surface area contributed by atoms with Crippen LogP contribution in [0.15, 0.2) is 66.9 Å². The molecule has 0 radical (unpaired) electrons. The van der Waals surface area contributed by atoms with Crippen molar-refractivity contribution >= 4 is 5.95 Å². The summed E-state index contributed by atoms with van der Waals surface area (Å²) in [6.45, 7) is 0.532. The number of benzene rings is 2. The zero-order chi connectivity index (χ0) is 15.9. The minimum absolute atomic E-state index is 0.286. The molecule has 0 saturated heterocycles. The molecule has 5 nitrogen and oxygen atoms in total. The molecule has 0 amide bonds. The highest BCUT2D eigenvalue weighted by Gasteiger charge is 2.03. The Labute approximate surface area is 134 Å². The van der Waals surface area contributed by atoms with Crippen LogP contribution in [0.1, 0.15) is 5.56 Å². The maximum Gasteiger partial charge on any atom is 0.236 e. The summed E-state index contributed by atoms with van der Waals surface area (Å²) < 4.78 is 5.76.